The number of ether oxygens (including phenoxy) is 12. The highest BCUT2D eigenvalue weighted by Gasteiger charge is 1.96. The molecular weight excluding hydrogens is 643 g/mol. The maximum atomic E-state index is 5.46. The van der Waals surface area contributed by atoms with E-state index in [0.29, 0.717) is 152 Å². The van der Waals surface area contributed by atoms with Crippen molar-refractivity contribution in [2.45, 2.75) is 0 Å². The van der Waals surface area contributed by atoms with Crippen molar-refractivity contribution in [2.75, 3.05) is 163 Å². The Kier molecular flexibility index (Phi) is 38.6. The van der Waals surface area contributed by atoms with Crippen LogP contribution in [0.1, 0.15) is 0 Å². The van der Waals surface area contributed by atoms with Gasteiger partial charge in [-0.2, -0.15) is 0 Å². The van der Waals surface area contributed by atoms with Crippen LogP contribution in [-0.2, 0) is 56.8 Å². The van der Waals surface area contributed by atoms with E-state index in [1.807, 2.05) is 0 Å². The third-order valence-corrected chi connectivity index (χ3v) is 4.94. The third-order valence-electron chi connectivity index (χ3n) is 4.50. The van der Waals surface area contributed by atoms with Crippen LogP contribution in [0.4, 0.5) is 0 Å². The van der Waals surface area contributed by atoms with Crippen molar-refractivity contribution in [1.82, 2.24) is 0 Å². The fraction of sp³-hybridized carbons (Fsp3) is 0.926. The Balaban J connectivity index is 3.02. The van der Waals surface area contributed by atoms with E-state index in [1.54, 1.807) is 0 Å². The predicted molar refractivity (Wildman–Crippen MR) is 158 cm³/mol. The van der Waals surface area contributed by atoms with Crippen molar-refractivity contribution in [2.24, 2.45) is 0 Å². The summed E-state index contributed by atoms with van der Waals surface area (Å²) < 4.78 is 65.7. The molecule has 0 aliphatic rings. The summed E-state index contributed by atoms with van der Waals surface area (Å²) in [7, 11) is 0. The second kappa shape index (κ2) is 38.8. The molecule has 13 heteroatoms. The molecule has 0 fully saturated rings. The van der Waals surface area contributed by atoms with Gasteiger partial charge in [-0.15, -0.1) is 6.42 Å². The summed E-state index contributed by atoms with van der Waals surface area (Å²) in [6.45, 7) is 12.7. The topological polar surface area (TPSA) is 111 Å². The van der Waals surface area contributed by atoms with Gasteiger partial charge in [0.15, 0.2) is 0 Å². The quantitative estimate of drug-likeness (QED) is 0.0408. The summed E-state index contributed by atoms with van der Waals surface area (Å²) in [5, 5.41) is 0. The first kappa shape index (κ1) is 39.8. The molecule has 40 heavy (non-hydrogen) atoms. The van der Waals surface area contributed by atoms with Crippen LogP contribution in [0.3, 0.4) is 0 Å². The lowest BCUT2D eigenvalue weighted by Crippen LogP contribution is -2.15. The highest BCUT2D eigenvalue weighted by molar-refractivity contribution is 14.1. The summed E-state index contributed by atoms with van der Waals surface area (Å²) in [6, 6.07) is 0. The van der Waals surface area contributed by atoms with Crippen LogP contribution in [0.15, 0.2) is 0 Å². The summed E-state index contributed by atoms with van der Waals surface area (Å²) in [4.78, 5) is 0. The number of hydrogen-bond acceptors (Lipinski definition) is 12. The summed E-state index contributed by atoms with van der Waals surface area (Å²) in [6.07, 6.45) is 5.07. The molecule has 0 radical (unpaired) electrons. The third kappa shape index (κ3) is 37.8. The van der Waals surface area contributed by atoms with Crippen LogP contribution in [0.5, 0.6) is 0 Å². The Morgan fingerprint density at radius 3 is 0.650 bits per heavy atom. The summed E-state index contributed by atoms with van der Waals surface area (Å²) in [5.41, 5.74) is 0. The van der Waals surface area contributed by atoms with Gasteiger partial charge in [-0.3, -0.25) is 0 Å². The number of hydrogen-bond donors (Lipinski definition) is 0. The number of terminal acetylenes is 1. The van der Waals surface area contributed by atoms with Crippen LogP contribution in [0.2, 0.25) is 0 Å². The summed E-state index contributed by atoms with van der Waals surface area (Å²) >= 11 is 2.28. The van der Waals surface area contributed by atoms with E-state index in [4.69, 9.17) is 63.3 Å². The van der Waals surface area contributed by atoms with E-state index < -0.39 is 0 Å². The zero-order valence-electron chi connectivity index (χ0n) is 24.0. The predicted octanol–water partition coefficient (Wildman–Crippen LogP) is 1.25. The molecule has 238 valence electrons. The van der Waals surface area contributed by atoms with Gasteiger partial charge in [0.25, 0.3) is 0 Å². The zero-order chi connectivity index (χ0) is 28.9. The van der Waals surface area contributed by atoms with E-state index >= 15 is 0 Å². The molecule has 0 bridgehead atoms. The Labute approximate surface area is 254 Å². The van der Waals surface area contributed by atoms with Crippen molar-refractivity contribution >= 4 is 22.6 Å². The zero-order valence-corrected chi connectivity index (χ0v) is 26.2. The van der Waals surface area contributed by atoms with Gasteiger partial charge in [0.05, 0.1) is 152 Å². The molecule has 12 nitrogen and oxygen atoms in total. The SMILES string of the molecule is C#CCOCCOCCOCCOCCOCCOCCOCCOCCOCCOCCOCCOCCI. The normalized spacial score (nSPS) is 11.3. The maximum absolute atomic E-state index is 5.46. The van der Waals surface area contributed by atoms with Crippen molar-refractivity contribution in [3.05, 3.63) is 0 Å². The summed E-state index contributed by atoms with van der Waals surface area (Å²) in [5.74, 6) is 2.40. The van der Waals surface area contributed by atoms with Gasteiger partial charge < -0.3 is 56.8 Å². The molecule has 0 aliphatic heterocycles. The number of alkyl halides is 1. The lowest BCUT2D eigenvalue weighted by molar-refractivity contribution is -0.0280. The van der Waals surface area contributed by atoms with E-state index in [-0.39, 0.29) is 0 Å². The van der Waals surface area contributed by atoms with Gasteiger partial charge in [-0.25, -0.2) is 0 Å². The van der Waals surface area contributed by atoms with Gasteiger partial charge in [0.1, 0.15) is 6.61 Å². The monoisotopic (exact) mass is 694 g/mol. The van der Waals surface area contributed by atoms with Crippen LogP contribution in [0, 0.1) is 12.3 Å². The van der Waals surface area contributed by atoms with Crippen LogP contribution in [0.25, 0.3) is 0 Å². The fourth-order valence-electron chi connectivity index (χ4n) is 2.60. The Bertz CT molecular complexity index is 499. The molecule has 0 aromatic carbocycles. The molecule has 0 aromatic rings. The molecule has 0 unspecified atom stereocenters. The molecule has 0 aromatic heterocycles. The average molecular weight is 695 g/mol. The largest absolute Gasteiger partial charge is 0.378 e. The van der Waals surface area contributed by atoms with Crippen molar-refractivity contribution < 1.29 is 56.8 Å². The Morgan fingerprint density at radius 1 is 0.300 bits per heavy atom. The minimum Gasteiger partial charge on any atom is -0.378 e. The first-order valence-corrected chi connectivity index (χ1v) is 15.4. The van der Waals surface area contributed by atoms with Crippen LogP contribution in [-0.4, -0.2) is 163 Å². The van der Waals surface area contributed by atoms with Crippen LogP contribution < -0.4 is 0 Å². The molecule has 0 aliphatic carbocycles. The fourth-order valence-corrected chi connectivity index (χ4v) is 2.92. The molecule has 0 amide bonds. The molecular formula is C27H51IO12. The molecule has 0 N–H and O–H groups in total. The van der Waals surface area contributed by atoms with E-state index in [0.717, 1.165) is 11.0 Å². The molecule has 0 rings (SSSR count). The van der Waals surface area contributed by atoms with Gasteiger partial charge in [0.2, 0.25) is 0 Å². The minimum absolute atomic E-state index is 0.309. The number of rotatable bonds is 36. The maximum Gasteiger partial charge on any atom is 0.107 e. The van der Waals surface area contributed by atoms with E-state index in [1.165, 1.54) is 0 Å². The second-order valence-electron chi connectivity index (χ2n) is 7.68. The second-order valence-corrected chi connectivity index (χ2v) is 8.76. The van der Waals surface area contributed by atoms with Gasteiger partial charge in [0, 0.05) is 4.43 Å². The van der Waals surface area contributed by atoms with Crippen molar-refractivity contribution in [1.29, 1.82) is 0 Å². The average Bonchev–Trinajstić information content (AvgIpc) is 2.97. The molecule has 0 atom stereocenters. The molecule has 0 heterocycles. The van der Waals surface area contributed by atoms with E-state index in [9.17, 15) is 0 Å². The van der Waals surface area contributed by atoms with Crippen LogP contribution >= 0.6 is 22.6 Å². The number of halogens is 1. The minimum atomic E-state index is 0.309. The molecule has 0 saturated carbocycles. The van der Waals surface area contributed by atoms with Gasteiger partial charge in [-0.05, 0) is 0 Å². The first-order valence-electron chi connectivity index (χ1n) is 13.8. The molecule has 0 saturated heterocycles. The van der Waals surface area contributed by atoms with Gasteiger partial charge in [-0.1, -0.05) is 28.5 Å². The first-order chi connectivity index (χ1) is 19.9. The van der Waals surface area contributed by atoms with Crippen molar-refractivity contribution in [3.8, 4) is 12.3 Å². The lowest BCUT2D eigenvalue weighted by Gasteiger charge is -2.09. The standard InChI is InChI=1S/C27H51IO12/c1-2-4-29-6-8-31-10-12-33-14-16-35-18-20-37-22-24-39-26-27-40-25-23-38-21-19-36-17-15-34-13-11-32-9-7-30-5-3-28/h1H,3-27H2. The lowest BCUT2D eigenvalue weighted by atomic mass is 10.6. The van der Waals surface area contributed by atoms with Crippen molar-refractivity contribution in [3.63, 3.8) is 0 Å². The Hall–Kier alpha value is -0.190. The van der Waals surface area contributed by atoms with E-state index in [2.05, 4.69) is 28.5 Å². The van der Waals surface area contributed by atoms with Gasteiger partial charge >= 0.3 is 0 Å². The Morgan fingerprint density at radius 2 is 0.475 bits per heavy atom. The highest BCUT2D eigenvalue weighted by atomic mass is 127. The highest BCUT2D eigenvalue weighted by Crippen LogP contribution is 1.87. The smallest absolute Gasteiger partial charge is 0.107 e. The molecule has 0 spiro atoms.